The minimum absolute atomic E-state index is 0.0762. The third-order valence-corrected chi connectivity index (χ3v) is 9.34. The van der Waals surface area contributed by atoms with E-state index in [1.165, 1.54) is 0 Å². The Morgan fingerprint density at radius 2 is 1.18 bits per heavy atom. The number of sulfonamides is 2. The third kappa shape index (κ3) is 4.87. The molecule has 1 aliphatic carbocycles. The van der Waals surface area contributed by atoms with Crippen LogP contribution in [0.4, 0.5) is 0 Å². The lowest BCUT2D eigenvalue weighted by Crippen LogP contribution is -2.31. The van der Waals surface area contributed by atoms with Crippen molar-refractivity contribution in [3.63, 3.8) is 0 Å². The van der Waals surface area contributed by atoms with Crippen LogP contribution in [0.15, 0.2) is 46.2 Å². The lowest BCUT2D eigenvalue weighted by Gasteiger charge is -2.12. The molecule has 0 aromatic heterocycles. The minimum Gasteiger partial charge on any atom is -0.377 e. The molecule has 2 atom stereocenters. The van der Waals surface area contributed by atoms with E-state index in [9.17, 15) is 16.8 Å². The molecule has 0 unspecified atom stereocenters. The SMILES string of the molecule is O=S(=O)(NC[C@H]1CCCO1)c1ccc2c(c1)Cc1cc(S(=O)(=O)NC[C@@H]3CCCO3)ccc1-2. The molecule has 10 heteroatoms. The molecule has 2 N–H and O–H groups in total. The Balaban J connectivity index is 1.31. The van der Waals surface area contributed by atoms with Gasteiger partial charge in [-0.25, -0.2) is 26.3 Å². The highest BCUT2D eigenvalue weighted by Gasteiger charge is 2.26. The Bertz CT molecular complexity index is 1150. The van der Waals surface area contributed by atoms with Crippen LogP contribution in [0, 0.1) is 0 Å². The van der Waals surface area contributed by atoms with E-state index in [-0.39, 0.29) is 35.1 Å². The van der Waals surface area contributed by atoms with Crippen LogP contribution in [0.3, 0.4) is 0 Å². The maximum atomic E-state index is 12.8. The predicted octanol–water partition coefficient (Wildman–Crippen LogP) is 2.17. The smallest absolute Gasteiger partial charge is 0.240 e. The summed E-state index contributed by atoms with van der Waals surface area (Å²) in [7, 11) is -7.30. The van der Waals surface area contributed by atoms with Gasteiger partial charge in [-0.05, 0) is 78.6 Å². The van der Waals surface area contributed by atoms with Gasteiger partial charge in [-0.1, -0.05) is 12.1 Å². The fourth-order valence-corrected chi connectivity index (χ4v) is 6.91. The molecule has 2 aromatic rings. The van der Waals surface area contributed by atoms with Gasteiger partial charge < -0.3 is 9.47 Å². The molecule has 2 saturated heterocycles. The molecule has 5 rings (SSSR count). The first kappa shape index (κ1) is 22.9. The monoisotopic (exact) mass is 492 g/mol. The van der Waals surface area contributed by atoms with Crippen molar-refractivity contribution in [3.8, 4) is 11.1 Å². The zero-order valence-electron chi connectivity index (χ0n) is 18.2. The van der Waals surface area contributed by atoms with Gasteiger partial charge in [0, 0.05) is 26.3 Å². The van der Waals surface area contributed by atoms with Crippen LogP contribution >= 0.6 is 0 Å². The second-order valence-corrected chi connectivity index (χ2v) is 12.3. The average Bonchev–Trinajstić information content (AvgIpc) is 3.56. The summed E-state index contributed by atoms with van der Waals surface area (Å²) in [6.07, 6.45) is 3.94. The molecular weight excluding hydrogens is 464 g/mol. The Hall–Kier alpha value is -1.82. The van der Waals surface area contributed by atoms with Crippen LogP contribution < -0.4 is 9.44 Å². The second-order valence-electron chi connectivity index (χ2n) is 8.79. The van der Waals surface area contributed by atoms with Gasteiger partial charge in [0.2, 0.25) is 20.0 Å². The Morgan fingerprint density at radius 1 is 0.727 bits per heavy atom. The first-order valence-electron chi connectivity index (χ1n) is 11.3. The van der Waals surface area contributed by atoms with Gasteiger partial charge in [-0.2, -0.15) is 0 Å². The molecule has 0 amide bonds. The number of ether oxygens (including phenoxy) is 2. The van der Waals surface area contributed by atoms with Gasteiger partial charge in [-0.15, -0.1) is 0 Å². The van der Waals surface area contributed by atoms with Gasteiger partial charge in [0.15, 0.2) is 0 Å². The summed E-state index contributed by atoms with van der Waals surface area (Å²) in [5.41, 5.74) is 3.59. The predicted molar refractivity (Wildman–Crippen MR) is 123 cm³/mol. The van der Waals surface area contributed by atoms with Crippen molar-refractivity contribution in [2.45, 2.75) is 54.1 Å². The van der Waals surface area contributed by atoms with Crippen LogP contribution in [0.25, 0.3) is 11.1 Å². The van der Waals surface area contributed by atoms with E-state index in [0.717, 1.165) is 47.9 Å². The highest BCUT2D eigenvalue weighted by molar-refractivity contribution is 7.89. The Labute approximate surface area is 194 Å². The Kier molecular flexibility index (Phi) is 6.32. The van der Waals surface area contributed by atoms with Crippen LogP contribution in [-0.4, -0.2) is 55.3 Å². The highest BCUT2D eigenvalue weighted by Crippen LogP contribution is 2.38. The van der Waals surface area contributed by atoms with Gasteiger partial charge in [-0.3, -0.25) is 0 Å². The van der Waals surface area contributed by atoms with E-state index >= 15 is 0 Å². The zero-order valence-corrected chi connectivity index (χ0v) is 19.9. The zero-order chi connectivity index (χ0) is 23.1. The lowest BCUT2D eigenvalue weighted by molar-refractivity contribution is 0.114. The van der Waals surface area contributed by atoms with Crippen molar-refractivity contribution in [1.29, 1.82) is 0 Å². The summed E-state index contributed by atoms with van der Waals surface area (Å²) in [6.45, 7) is 1.87. The molecule has 2 aromatic carbocycles. The van der Waals surface area contributed by atoms with Crippen molar-refractivity contribution in [2.24, 2.45) is 0 Å². The fourth-order valence-electron chi connectivity index (χ4n) is 4.68. The summed E-state index contributed by atoms with van der Waals surface area (Å²) in [5, 5.41) is 0. The first-order valence-corrected chi connectivity index (χ1v) is 14.3. The molecule has 2 fully saturated rings. The van der Waals surface area contributed by atoms with Crippen LogP contribution in [0.2, 0.25) is 0 Å². The molecule has 0 bridgehead atoms. The second kappa shape index (κ2) is 9.09. The van der Waals surface area contributed by atoms with Gasteiger partial charge in [0.25, 0.3) is 0 Å². The van der Waals surface area contributed by atoms with Crippen molar-refractivity contribution in [3.05, 3.63) is 47.5 Å². The number of hydrogen-bond acceptors (Lipinski definition) is 6. The van der Waals surface area contributed by atoms with E-state index in [4.69, 9.17) is 9.47 Å². The maximum Gasteiger partial charge on any atom is 0.240 e. The minimum atomic E-state index is -3.65. The van der Waals surface area contributed by atoms with Crippen molar-refractivity contribution in [2.75, 3.05) is 26.3 Å². The molecule has 33 heavy (non-hydrogen) atoms. The maximum absolute atomic E-state index is 12.8. The molecular formula is C23H28N2O6S2. The van der Waals surface area contributed by atoms with Crippen molar-refractivity contribution in [1.82, 2.24) is 9.44 Å². The van der Waals surface area contributed by atoms with Crippen LogP contribution in [0.1, 0.15) is 36.8 Å². The summed E-state index contributed by atoms with van der Waals surface area (Å²) in [4.78, 5) is 0.413. The van der Waals surface area contributed by atoms with E-state index in [2.05, 4.69) is 9.44 Å². The molecule has 178 valence electrons. The number of fused-ring (bicyclic) bond motifs is 3. The molecule has 0 radical (unpaired) electrons. The first-order chi connectivity index (χ1) is 15.8. The van der Waals surface area contributed by atoms with Gasteiger partial charge >= 0.3 is 0 Å². The number of rotatable bonds is 8. The summed E-state index contributed by atoms with van der Waals surface area (Å²) >= 11 is 0. The quantitative estimate of drug-likeness (QED) is 0.499. The van der Waals surface area contributed by atoms with Crippen LogP contribution in [-0.2, 0) is 35.9 Å². The topological polar surface area (TPSA) is 111 Å². The molecule has 3 aliphatic rings. The summed E-state index contributed by atoms with van der Waals surface area (Å²) in [5.74, 6) is 0. The van der Waals surface area contributed by atoms with Crippen LogP contribution in [0.5, 0.6) is 0 Å². The third-order valence-electron chi connectivity index (χ3n) is 6.50. The van der Waals surface area contributed by atoms with E-state index in [1.54, 1.807) is 36.4 Å². The summed E-state index contributed by atoms with van der Waals surface area (Å²) in [6, 6.07) is 10.1. The van der Waals surface area contributed by atoms with Crippen molar-refractivity contribution < 1.29 is 26.3 Å². The van der Waals surface area contributed by atoms with E-state index in [0.29, 0.717) is 19.6 Å². The lowest BCUT2D eigenvalue weighted by atomic mass is 10.1. The van der Waals surface area contributed by atoms with Gasteiger partial charge in [0.1, 0.15) is 0 Å². The van der Waals surface area contributed by atoms with Gasteiger partial charge in [0.05, 0.1) is 22.0 Å². The average molecular weight is 493 g/mol. The number of nitrogens with one attached hydrogen (secondary N) is 2. The molecule has 0 saturated carbocycles. The number of hydrogen-bond donors (Lipinski definition) is 2. The molecule has 2 aliphatic heterocycles. The molecule has 0 spiro atoms. The largest absolute Gasteiger partial charge is 0.377 e. The molecule has 2 heterocycles. The standard InChI is InChI=1S/C23H28N2O6S2/c26-32(27,24-14-18-3-1-9-30-18)20-5-7-22-16(12-20)11-17-13-21(6-8-23(17)22)33(28,29)25-15-19-4-2-10-31-19/h5-8,12-13,18-19,24-25H,1-4,9-11,14-15H2/t18-,19+. The normalized spacial score (nSPS) is 22.4. The Morgan fingerprint density at radius 3 is 1.58 bits per heavy atom. The summed E-state index contributed by atoms with van der Waals surface area (Å²) < 4.78 is 67.3. The number of benzene rings is 2. The van der Waals surface area contributed by atoms with E-state index in [1.807, 2.05) is 0 Å². The molecule has 8 nitrogen and oxygen atoms in total. The fraction of sp³-hybridized carbons (Fsp3) is 0.478. The highest BCUT2D eigenvalue weighted by atomic mass is 32.2. The van der Waals surface area contributed by atoms with E-state index < -0.39 is 20.0 Å². The van der Waals surface area contributed by atoms with Crippen molar-refractivity contribution >= 4 is 20.0 Å².